The number of esters is 1. The molecule has 27 heavy (non-hydrogen) atoms. The van der Waals surface area contributed by atoms with E-state index in [2.05, 4.69) is 10.6 Å². The van der Waals surface area contributed by atoms with E-state index >= 15 is 0 Å². The molecule has 1 atom stereocenters. The molecule has 4 N–H and O–H groups in total. The fourth-order valence-corrected chi connectivity index (χ4v) is 2.61. The summed E-state index contributed by atoms with van der Waals surface area (Å²) in [5, 5.41) is 7.02. The molecule has 2 amide bonds. The van der Waals surface area contributed by atoms with Gasteiger partial charge in [-0.15, -0.1) is 0 Å². The van der Waals surface area contributed by atoms with Crippen molar-refractivity contribution in [3.05, 3.63) is 42.5 Å². The van der Waals surface area contributed by atoms with Gasteiger partial charge in [-0.2, -0.15) is 0 Å². The van der Waals surface area contributed by atoms with Crippen molar-refractivity contribution in [3.8, 4) is 5.75 Å². The van der Waals surface area contributed by atoms with Gasteiger partial charge in [0.25, 0.3) is 0 Å². The first-order valence-electron chi connectivity index (χ1n) is 8.94. The van der Waals surface area contributed by atoms with Gasteiger partial charge in [0.1, 0.15) is 11.8 Å². The second kappa shape index (κ2) is 10.3. The maximum absolute atomic E-state index is 12.6. The van der Waals surface area contributed by atoms with E-state index in [4.69, 9.17) is 10.5 Å². The van der Waals surface area contributed by atoms with Crippen LogP contribution in [0.4, 0.5) is 0 Å². The van der Waals surface area contributed by atoms with Gasteiger partial charge in [0.2, 0.25) is 11.8 Å². The summed E-state index contributed by atoms with van der Waals surface area (Å²) in [5.74, 6) is -0.890. The molecule has 0 saturated carbocycles. The molecule has 0 fully saturated rings. The van der Waals surface area contributed by atoms with Gasteiger partial charge in [-0.1, -0.05) is 30.3 Å². The maximum atomic E-state index is 12.6. The SMILES string of the molecule is CC(=O)NCC(=O)NC(CCCCN)C(=O)Oc1ccc2ccccc2c1. The Labute approximate surface area is 158 Å². The van der Waals surface area contributed by atoms with Crippen LogP contribution in [0.5, 0.6) is 5.75 Å². The average molecular weight is 371 g/mol. The Kier molecular flexibility index (Phi) is 7.76. The van der Waals surface area contributed by atoms with E-state index in [1.54, 1.807) is 12.1 Å². The summed E-state index contributed by atoms with van der Waals surface area (Å²) in [5.41, 5.74) is 5.50. The minimum Gasteiger partial charge on any atom is -0.425 e. The number of ether oxygens (including phenoxy) is 1. The van der Waals surface area contributed by atoms with Crippen LogP contribution in [0.1, 0.15) is 26.2 Å². The molecule has 0 radical (unpaired) electrons. The number of rotatable bonds is 9. The van der Waals surface area contributed by atoms with Gasteiger partial charge in [-0.3, -0.25) is 9.59 Å². The summed E-state index contributed by atoms with van der Waals surface area (Å²) >= 11 is 0. The number of unbranched alkanes of at least 4 members (excludes halogenated alkanes) is 1. The number of fused-ring (bicyclic) bond motifs is 1. The molecule has 2 rings (SSSR count). The van der Waals surface area contributed by atoms with Gasteiger partial charge in [0, 0.05) is 6.92 Å². The smallest absolute Gasteiger partial charge is 0.334 e. The van der Waals surface area contributed by atoms with E-state index < -0.39 is 17.9 Å². The summed E-state index contributed by atoms with van der Waals surface area (Å²) in [6.45, 7) is 1.64. The summed E-state index contributed by atoms with van der Waals surface area (Å²) in [6.07, 6.45) is 1.82. The number of carbonyl (C=O) groups is 3. The molecule has 0 spiro atoms. The van der Waals surface area contributed by atoms with Crippen LogP contribution in [0, 0.1) is 0 Å². The van der Waals surface area contributed by atoms with E-state index in [9.17, 15) is 14.4 Å². The first-order valence-corrected chi connectivity index (χ1v) is 8.94. The zero-order chi connectivity index (χ0) is 19.6. The fourth-order valence-electron chi connectivity index (χ4n) is 2.61. The van der Waals surface area contributed by atoms with Crippen molar-refractivity contribution in [1.29, 1.82) is 0 Å². The van der Waals surface area contributed by atoms with Crippen LogP contribution in [0.3, 0.4) is 0 Å². The highest BCUT2D eigenvalue weighted by Crippen LogP contribution is 2.21. The van der Waals surface area contributed by atoms with Crippen LogP contribution in [0.15, 0.2) is 42.5 Å². The highest BCUT2D eigenvalue weighted by atomic mass is 16.5. The van der Waals surface area contributed by atoms with Gasteiger partial charge in [-0.25, -0.2) is 4.79 Å². The van der Waals surface area contributed by atoms with Crippen molar-refractivity contribution in [1.82, 2.24) is 10.6 Å². The van der Waals surface area contributed by atoms with Crippen LogP contribution in [0.25, 0.3) is 10.8 Å². The Morgan fingerprint density at radius 2 is 1.81 bits per heavy atom. The predicted molar refractivity (Wildman–Crippen MR) is 103 cm³/mol. The van der Waals surface area contributed by atoms with Gasteiger partial charge in [0.05, 0.1) is 6.54 Å². The molecule has 2 aromatic carbocycles. The molecule has 0 aliphatic rings. The minimum absolute atomic E-state index is 0.189. The van der Waals surface area contributed by atoms with E-state index in [0.29, 0.717) is 25.1 Å². The van der Waals surface area contributed by atoms with Crippen molar-refractivity contribution in [2.45, 2.75) is 32.2 Å². The first kappa shape index (κ1) is 20.4. The van der Waals surface area contributed by atoms with Crippen molar-refractivity contribution in [2.24, 2.45) is 5.73 Å². The predicted octanol–water partition coefficient (Wildman–Crippen LogP) is 1.50. The highest BCUT2D eigenvalue weighted by molar-refractivity contribution is 5.89. The lowest BCUT2D eigenvalue weighted by atomic mass is 10.1. The topological polar surface area (TPSA) is 111 Å². The van der Waals surface area contributed by atoms with Gasteiger partial charge in [-0.05, 0) is 48.7 Å². The molecule has 0 saturated heterocycles. The standard InChI is InChI=1S/C20H25N3O4/c1-14(24)22-13-19(25)23-18(8-4-5-11-21)20(26)27-17-10-9-15-6-2-3-7-16(15)12-17/h2-3,6-7,9-10,12,18H,4-5,8,11,13,21H2,1H3,(H,22,24)(H,23,25). The van der Waals surface area contributed by atoms with Crippen molar-refractivity contribution >= 4 is 28.6 Å². The molecule has 7 heteroatoms. The van der Waals surface area contributed by atoms with E-state index in [-0.39, 0.29) is 12.5 Å². The van der Waals surface area contributed by atoms with Crippen LogP contribution < -0.4 is 21.1 Å². The number of benzene rings is 2. The molecule has 0 aromatic heterocycles. The van der Waals surface area contributed by atoms with Crippen molar-refractivity contribution in [2.75, 3.05) is 13.1 Å². The molecular weight excluding hydrogens is 346 g/mol. The number of amides is 2. The molecule has 1 unspecified atom stereocenters. The summed E-state index contributed by atoms with van der Waals surface area (Å²) in [7, 11) is 0. The Bertz CT molecular complexity index is 807. The van der Waals surface area contributed by atoms with E-state index in [1.807, 2.05) is 30.3 Å². The third-order valence-corrected chi connectivity index (χ3v) is 4.00. The molecule has 144 valence electrons. The lowest BCUT2D eigenvalue weighted by Crippen LogP contribution is -2.46. The van der Waals surface area contributed by atoms with Crippen molar-refractivity contribution < 1.29 is 19.1 Å². The monoisotopic (exact) mass is 371 g/mol. The van der Waals surface area contributed by atoms with Crippen LogP contribution >= 0.6 is 0 Å². The molecule has 0 aliphatic heterocycles. The molecule has 2 aromatic rings. The number of hydrogen-bond donors (Lipinski definition) is 3. The van der Waals surface area contributed by atoms with Crippen LogP contribution in [-0.4, -0.2) is 36.9 Å². The Morgan fingerprint density at radius 3 is 2.52 bits per heavy atom. The number of hydrogen-bond acceptors (Lipinski definition) is 5. The number of nitrogens with one attached hydrogen (secondary N) is 2. The van der Waals surface area contributed by atoms with E-state index in [1.165, 1.54) is 6.92 Å². The third-order valence-electron chi connectivity index (χ3n) is 4.00. The number of carbonyl (C=O) groups excluding carboxylic acids is 3. The minimum atomic E-state index is -0.802. The Morgan fingerprint density at radius 1 is 1.07 bits per heavy atom. The van der Waals surface area contributed by atoms with Crippen LogP contribution in [-0.2, 0) is 14.4 Å². The normalized spacial score (nSPS) is 11.6. The molecule has 7 nitrogen and oxygen atoms in total. The second-order valence-corrected chi connectivity index (χ2v) is 6.24. The molecule has 0 aliphatic carbocycles. The summed E-state index contributed by atoms with van der Waals surface area (Å²) in [4.78, 5) is 35.5. The lowest BCUT2D eigenvalue weighted by molar-refractivity contribution is -0.139. The molecular formula is C20H25N3O4. The van der Waals surface area contributed by atoms with Gasteiger partial charge >= 0.3 is 5.97 Å². The first-order chi connectivity index (χ1) is 13.0. The van der Waals surface area contributed by atoms with Gasteiger partial charge in [0.15, 0.2) is 0 Å². The fraction of sp³-hybridized carbons (Fsp3) is 0.350. The third kappa shape index (κ3) is 6.71. The Balaban J connectivity index is 2.03. The lowest BCUT2D eigenvalue weighted by Gasteiger charge is -2.18. The summed E-state index contributed by atoms with van der Waals surface area (Å²) in [6, 6.07) is 12.3. The van der Waals surface area contributed by atoms with Crippen molar-refractivity contribution in [3.63, 3.8) is 0 Å². The van der Waals surface area contributed by atoms with Crippen LogP contribution in [0.2, 0.25) is 0 Å². The van der Waals surface area contributed by atoms with E-state index in [0.717, 1.165) is 17.2 Å². The highest BCUT2D eigenvalue weighted by Gasteiger charge is 2.22. The quantitative estimate of drug-likeness (QED) is 0.351. The zero-order valence-electron chi connectivity index (χ0n) is 15.4. The summed E-state index contributed by atoms with van der Waals surface area (Å²) < 4.78 is 5.47. The Hall–Kier alpha value is -2.93. The zero-order valence-corrected chi connectivity index (χ0v) is 15.4. The second-order valence-electron chi connectivity index (χ2n) is 6.24. The average Bonchev–Trinajstić information content (AvgIpc) is 2.65. The number of nitrogens with two attached hydrogens (primary N) is 1. The molecule has 0 heterocycles. The largest absolute Gasteiger partial charge is 0.425 e. The maximum Gasteiger partial charge on any atom is 0.334 e. The molecule has 0 bridgehead atoms. The van der Waals surface area contributed by atoms with Gasteiger partial charge < -0.3 is 21.1 Å².